The Hall–Kier alpha value is -2.94. The number of hydrogen-bond donors (Lipinski definition) is 2. The Labute approximate surface area is 151 Å². The minimum Gasteiger partial charge on any atom is -0.380 e. The SMILES string of the molecule is CNc1ccnc(N2CCCn3nc(C(O)c4ccnn4C)cc3C2)n1. The van der Waals surface area contributed by atoms with Crippen LogP contribution in [0.5, 0.6) is 0 Å². The average molecular weight is 354 g/mol. The number of aryl methyl sites for hydroxylation is 2. The van der Waals surface area contributed by atoms with Gasteiger partial charge in [-0.1, -0.05) is 0 Å². The fraction of sp³-hybridized carbons (Fsp3) is 0.412. The Balaban J connectivity index is 1.60. The summed E-state index contributed by atoms with van der Waals surface area (Å²) in [5.74, 6) is 1.49. The van der Waals surface area contributed by atoms with Gasteiger partial charge in [0.15, 0.2) is 0 Å². The molecule has 1 aliphatic rings. The molecule has 0 amide bonds. The molecule has 1 unspecified atom stereocenters. The number of hydrogen-bond acceptors (Lipinski definition) is 7. The zero-order chi connectivity index (χ0) is 18.1. The first-order chi connectivity index (χ1) is 12.7. The molecule has 0 saturated carbocycles. The molecule has 1 atom stereocenters. The van der Waals surface area contributed by atoms with Crippen molar-refractivity contribution in [1.82, 2.24) is 29.5 Å². The number of rotatable bonds is 4. The van der Waals surface area contributed by atoms with Gasteiger partial charge in [0.1, 0.15) is 11.9 Å². The fourth-order valence-electron chi connectivity index (χ4n) is 3.23. The Bertz CT molecular complexity index is 902. The highest BCUT2D eigenvalue weighted by Gasteiger charge is 2.23. The van der Waals surface area contributed by atoms with Crippen LogP contribution in [0.3, 0.4) is 0 Å². The molecule has 4 heterocycles. The molecular weight excluding hydrogens is 332 g/mol. The highest BCUT2D eigenvalue weighted by molar-refractivity contribution is 5.41. The molecule has 3 aromatic rings. The number of fused-ring (bicyclic) bond motifs is 1. The average Bonchev–Trinajstić information content (AvgIpc) is 3.21. The second kappa shape index (κ2) is 6.75. The summed E-state index contributed by atoms with van der Waals surface area (Å²) >= 11 is 0. The number of aromatic nitrogens is 6. The van der Waals surface area contributed by atoms with Gasteiger partial charge in [-0.25, -0.2) is 4.98 Å². The first-order valence-electron chi connectivity index (χ1n) is 8.64. The maximum absolute atomic E-state index is 10.6. The Morgan fingerprint density at radius 1 is 1.23 bits per heavy atom. The summed E-state index contributed by atoms with van der Waals surface area (Å²) in [5, 5.41) is 22.4. The van der Waals surface area contributed by atoms with Crippen molar-refractivity contribution in [1.29, 1.82) is 0 Å². The van der Waals surface area contributed by atoms with E-state index in [9.17, 15) is 5.11 Å². The Morgan fingerprint density at radius 3 is 2.88 bits per heavy atom. The van der Waals surface area contributed by atoms with E-state index < -0.39 is 6.10 Å². The van der Waals surface area contributed by atoms with Crippen molar-refractivity contribution in [2.45, 2.75) is 25.6 Å². The summed E-state index contributed by atoms with van der Waals surface area (Å²) in [4.78, 5) is 11.1. The van der Waals surface area contributed by atoms with E-state index in [1.54, 1.807) is 23.1 Å². The molecule has 0 aromatic carbocycles. The molecule has 0 spiro atoms. The zero-order valence-electron chi connectivity index (χ0n) is 14.9. The van der Waals surface area contributed by atoms with Gasteiger partial charge in [-0.2, -0.15) is 15.2 Å². The number of aliphatic hydroxyl groups excluding tert-OH is 1. The molecule has 9 nitrogen and oxygen atoms in total. The lowest BCUT2D eigenvalue weighted by Gasteiger charge is -2.20. The van der Waals surface area contributed by atoms with Gasteiger partial charge >= 0.3 is 0 Å². The zero-order valence-corrected chi connectivity index (χ0v) is 14.9. The van der Waals surface area contributed by atoms with Gasteiger partial charge in [-0.3, -0.25) is 9.36 Å². The van der Waals surface area contributed by atoms with Crippen LogP contribution in [0.4, 0.5) is 11.8 Å². The predicted octanol–water partition coefficient (Wildman–Crippen LogP) is 0.940. The van der Waals surface area contributed by atoms with Crippen molar-refractivity contribution in [2.75, 3.05) is 23.8 Å². The van der Waals surface area contributed by atoms with Gasteiger partial charge in [0.25, 0.3) is 0 Å². The third kappa shape index (κ3) is 3.01. The molecule has 2 N–H and O–H groups in total. The number of anilines is 2. The fourth-order valence-corrected chi connectivity index (χ4v) is 3.23. The van der Waals surface area contributed by atoms with Gasteiger partial charge in [-0.05, 0) is 24.6 Å². The quantitative estimate of drug-likeness (QED) is 0.720. The lowest BCUT2D eigenvalue weighted by Crippen LogP contribution is -2.24. The van der Waals surface area contributed by atoms with Gasteiger partial charge in [-0.15, -0.1) is 0 Å². The van der Waals surface area contributed by atoms with E-state index in [2.05, 4.69) is 30.4 Å². The van der Waals surface area contributed by atoms with E-state index in [0.717, 1.165) is 36.7 Å². The molecule has 0 saturated heterocycles. The van der Waals surface area contributed by atoms with Crippen molar-refractivity contribution < 1.29 is 5.11 Å². The van der Waals surface area contributed by atoms with Crippen LogP contribution in [0.15, 0.2) is 30.6 Å². The topological polar surface area (TPSA) is 96.9 Å². The van der Waals surface area contributed by atoms with Crippen LogP contribution in [0.25, 0.3) is 0 Å². The molecule has 0 aliphatic carbocycles. The number of nitrogens with one attached hydrogen (secondary N) is 1. The van der Waals surface area contributed by atoms with Crippen molar-refractivity contribution in [2.24, 2.45) is 7.05 Å². The minimum atomic E-state index is -0.792. The Morgan fingerprint density at radius 2 is 2.12 bits per heavy atom. The van der Waals surface area contributed by atoms with Crippen LogP contribution >= 0.6 is 0 Å². The van der Waals surface area contributed by atoms with Crippen molar-refractivity contribution >= 4 is 11.8 Å². The van der Waals surface area contributed by atoms with E-state index in [1.165, 1.54) is 0 Å². The van der Waals surface area contributed by atoms with Crippen LogP contribution in [0.2, 0.25) is 0 Å². The van der Waals surface area contributed by atoms with Crippen LogP contribution < -0.4 is 10.2 Å². The summed E-state index contributed by atoms with van der Waals surface area (Å²) < 4.78 is 3.63. The van der Waals surface area contributed by atoms with Gasteiger partial charge < -0.3 is 15.3 Å². The molecule has 136 valence electrons. The molecule has 0 radical (unpaired) electrons. The number of aliphatic hydroxyl groups is 1. The molecule has 4 rings (SSSR count). The summed E-state index contributed by atoms with van der Waals surface area (Å²) in [6.45, 7) is 2.31. The molecule has 3 aromatic heterocycles. The maximum Gasteiger partial charge on any atom is 0.227 e. The second-order valence-corrected chi connectivity index (χ2v) is 6.33. The number of nitrogens with zero attached hydrogens (tertiary/aromatic N) is 7. The van der Waals surface area contributed by atoms with Crippen molar-refractivity contribution in [3.63, 3.8) is 0 Å². The van der Waals surface area contributed by atoms with E-state index in [-0.39, 0.29) is 0 Å². The standard InChI is InChI=1S/C17H22N8O/c1-18-15-5-6-19-17(21-15)24-8-3-9-25-12(11-24)10-13(22-25)16(26)14-4-7-20-23(14)2/h4-7,10,16,26H,3,8-9,11H2,1-2H3,(H,18,19,21). The van der Waals surface area contributed by atoms with Crippen molar-refractivity contribution in [3.05, 3.63) is 47.7 Å². The predicted molar refractivity (Wildman–Crippen MR) is 96.7 cm³/mol. The molecule has 9 heteroatoms. The highest BCUT2D eigenvalue weighted by atomic mass is 16.3. The third-order valence-corrected chi connectivity index (χ3v) is 4.63. The van der Waals surface area contributed by atoms with Crippen LogP contribution in [0, 0.1) is 0 Å². The van der Waals surface area contributed by atoms with Gasteiger partial charge in [0.05, 0.1) is 23.6 Å². The third-order valence-electron chi connectivity index (χ3n) is 4.63. The van der Waals surface area contributed by atoms with Gasteiger partial charge in [0.2, 0.25) is 5.95 Å². The van der Waals surface area contributed by atoms with Crippen molar-refractivity contribution in [3.8, 4) is 0 Å². The van der Waals surface area contributed by atoms with E-state index in [1.807, 2.05) is 30.9 Å². The smallest absolute Gasteiger partial charge is 0.227 e. The molecule has 0 bridgehead atoms. The first-order valence-corrected chi connectivity index (χ1v) is 8.64. The summed E-state index contributed by atoms with van der Waals surface area (Å²) in [7, 11) is 3.66. The van der Waals surface area contributed by atoms with Crippen LogP contribution in [-0.4, -0.2) is 48.2 Å². The maximum atomic E-state index is 10.6. The normalized spacial score (nSPS) is 15.4. The molecule has 26 heavy (non-hydrogen) atoms. The summed E-state index contributed by atoms with van der Waals surface area (Å²) in [6.07, 6.45) is 3.57. The van der Waals surface area contributed by atoms with Gasteiger partial charge in [0, 0.05) is 39.6 Å². The second-order valence-electron chi connectivity index (χ2n) is 6.33. The summed E-state index contributed by atoms with van der Waals surface area (Å²) in [6, 6.07) is 5.60. The molecule has 0 fully saturated rings. The lowest BCUT2D eigenvalue weighted by atomic mass is 10.2. The minimum absolute atomic E-state index is 0.635. The monoisotopic (exact) mass is 354 g/mol. The van der Waals surface area contributed by atoms with E-state index in [4.69, 9.17) is 0 Å². The lowest BCUT2D eigenvalue weighted by molar-refractivity contribution is 0.203. The van der Waals surface area contributed by atoms with E-state index >= 15 is 0 Å². The van der Waals surface area contributed by atoms with Crippen LogP contribution in [-0.2, 0) is 20.1 Å². The molecular formula is C17H22N8O. The van der Waals surface area contributed by atoms with E-state index in [0.29, 0.717) is 18.2 Å². The highest BCUT2D eigenvalue weighted by Crippen LogP contribution is 2.24. The summed E-state index contributed by atoms with van der Waals surface area (Å²) in [5.41, 5.74) is 2.40. The Kier molecular flexibility index (Phi) is 4.29. The molecule has 1 aliphatic heterocycles. The first kappa shape index (κ1) is 16.5. The largest absolute Gasteiger partial charge is 0.380 e. The van der Waals surface area contributed by atoms with Crippen LogP contribution in [0.1, 0.15) is 29.6 Å².